The van der Waals surface area contributed by atoms with Crippen LogP contribution in [0.25, 0.3) is 0 Å². The van der Waals surface area contributed by atoms with Gasteiger partial charge in [0.1, 0.15) is 23.5 Å². The van der Waals surface area contributed by atoms with Crippen LogP contribution >= 0.6 is 0 Å². The Morgan fingerprint density at radius 3 is 2.41 bits per heavy atom. The number of ether oxygens (including phenoxy) is 1. The number of hydrogen-bond acceptors (Lipinski definition) is 5. The Bertz CT molecular complexity index is 1290. The van der Waals surface area contributed by atoms with Crippen LogP contribution in [0, 0.1) is 18.6 Å². The molecule has 1 aliphatic rings. The molecule has 34 heavy (non-hydrogen) atoms. The normalized spacial score (nSPS) is 15.8. The van der Waals surface area contributed by atoms with E-state index < -0.39 is 27.8 Å². The zero-order chi connectivity index (χ0) is 24.3. The summed E-state index contributed by atoms with van der Waals surface area (Å²) < 4.78 is 61.0. The Labute approximate surface area is 197 Å². The van der Waals surface area contributed by atoms with Crippen LogP contribution in [0.3, 0.4) is 0 Å². The van der Waals surface area contributed by atoms with Gasteiger partial charge < -0.3 is 9.57 Å². The van der Waals surface area contributed by atoms with E-state index in [1.165, 1.54) is 37.4 Å². The monoisotopic (exact) mass is 486 g/mol. The van der Waals surface area contributed by atoms with Crippen LogP contribution < -0.4 is 4.74 Å². The standard InChI is InChI=1S/C25H24F2N2O4S/c1-17-3-5-18(6-4-17)25-14-22(33-28-25)16-29(15-19-7-8-20(26)13-24(19)27)34(30,31)23-11-9-21(32-2)10-12-23/h3-13,22H,14-16H2,1-2H3/t22-/m1/s1. The fraction of sp³-hybridized carbons (Fsp3) is 0.240. The Morgan fingerprint density at radius 1 is 1.06 bits per heavy atom. The lowest BCUT2D eigenvalue weighted by atomic mass is 10.0. The predicted molar refractivity (Wildman–Crippen MR) is 124 cm³/mol. The minimum absolute atomic E-state index is 0.0218. The molecule has 1 aliphatic heterocycles. The topological polar surface area (TPSA) is 68.2 Å². The average molecular weight is 487 g/mol. The van der Waals surface area contributed by atoms with Crippen LogP contribution in [0.4, 0.5) is 8.78 Å². The van der Waals surface area contributed by atoms with Gasteiger partial charge >= 0.3 is 0 Å². The van der Waals surface area contributed by atoms with Gasteiger partial charge in [-0.1, -0.05) is 41.1 Å². The summed E-state index contributed by atoms with van der Waals surface area (Å²) in [5.41, 5.74) is 2.76. The van der Waals surface area contributed by atoms with Gasteiger partial charge in [-0.15, -0.1) is 0 Å². The van der Waals surface area contributed by atoms with Crippen LogP contribution in [-0.4, -0.2) is 38.2 Å². The third kappa shape index (κ3) is 5.26. The number of sulfonamides is 1. The van der Waals surface area contributed by atoms with E-state index in [4.69, 9.17) is 9.57 Å². The lowest BCUT2D eigenvalue weighted by molar-refractivity contribution is 0.0692. The first kappa shape index (κ1) is 23.8. The van der Waals surface area contributed by atoms with Gasteiger partial charge in [0.05, 0.1) is 24.3 Å². The van der Waals surface area contributed by atoms with E-state index in [0.717, 1.165) is 27.6 Å². The predicted octanol–water partition coefficient (Wildman–Crippen LogP) is 4.67. The molecule has 0 aliphatic carbocycles. The molecule has 0 saturated carbocycles. The zero-order valence-electron chi connectivity index (χ0n) is 18.7. The molecule has 0 spiro atoms. The Balaban J connectivity index is 1.59. The number of nitrogens with zero attached hydrogens (tertiary/aromatic N) is 2. The number of halogens is 2. The molecular weight excluding hydrogens is 462 g/mol. The second kappa shape index (κ2) is 9.90. The van der Waals surface area contributed by atoms with Crippen LogP contribution in [0.1, 0.15) is 23.1 Å². The lowest BCUT2D eigenvalue weighted by Gasteiger charge is -2.24. The van der Waals surface area contributed by atoms with E-state index in [1.807, 2.05) is 31.2 Å². The molecule has 0 radical (unpaired) electrons. The molecule has 0 N–H and O–H groups in total. The van der Waals surface area contributed by atoms with Crippen molar-refractivity contribution < 1.29 is 26.8 Å². The van der Waals surface area contributed by atoms with Crippen molar-refractivity contribution in [3.05, 3.63) is 95.1 Å². The molecular formula is C25H24F2N2O4S. The molecule has 3 aromatic rings. The molecule has 0 bridgehead atoms. The van der Waals surface area contributed by atoms with Crippen molar-refractivity contribution in [2.45, 2.75) is 30.9 Å². The van der Waals surface area contributed by atoms with Crippen molar-refractivity contribution in [2.75, 3.05) is 13.7 Å². The number of hydrogen-bond donors (Lipinski definition) is 0. The highest BCUT2D eigenvalue weighted by Crippen LogP contribution is 2.25. The molecule has 4 rings (SSSR count). The van der Waals surface area contributed by atoms with Crippen molar-refractivity contribution in [3.63, 3.8) is 0 Å². The summed E-state index contributed by atoms with van der Waals surface area (Å²) in [7, 11) is -2.56. The summed E-state index contributed by atoms with van der Waals surface area (Å²) in [4.78, 5) is 5.57. The summed E-state index contributed by atoms with van der Waals surface area (Å²) in [6, 6.07) is 16.8. The maximum Gasteiger partial charge on any atom is 0.243 e. The molecule has 1 atom stereocenters. The first-order valence-electron chi connectivity index (χ1n) is 10.6. The quantitative estimate of drug-likeness (QED) is 0.464. The maximum absolute atomic E-state index is 14.4. The van der Waals surface area contributed by atoms with Gasteiger partial charge in [-0.05, 0) is 42.8 Å². The van der Waals surface area contributed by atoms with E-state index in [9.17, 15) is 17.2 Å². The number of rotatable bonds is 8. The minimum atomic E-state index is -4.04. The molecule has 0 amide bonds. The van der Waals surface area contributed by atoms with Gasteiger partial charge in [-0.3, -0.25) is 0 Å². The third-order valence-corrected chi connectivity index (χ3v) is 7.41. The lowest BCUT2D eigenvalue weighted by Crippen LogP contribution is -2.37. The van der Waals surface area contributed by atoms with Crippen molar-refractivity contribution in [1.29, 1.82) is 0 Å². The summed E-state index contributed by atoms with van der Waals surface area (Å²) in [6.07, 6.45) is -0.170. The van der Waals surface area contributed by atoms with Gasteiger partial charge in [0, 0.05) is 24.6 Å². The molecule has 0 saturated heterocycles. The maximum atomic E-state index is 14.4. The Morgan fingerprint density at radius 2 is 1.76 bits per heavy atom. The smallest absolute Gasteiger partial charge is 0.243 e. The number of benzene rings is 3. The first-order valence-corrected chi connectivity index (χ1v) is 12.1. The molecule has 3 aromatic carbocycles. The molecule has 9 heteroatoms. The van der Waals surface area contributed by atoms with Crippen molar-refractivity contribution >= 4 is 15.7 Å². The second-order valence-electron chi connectivity index (χ2n) is 8.04. The highest BCUT2D eigenvalue weighted by atomic mass is 32.2. The summed E-state index contributed by atoms with van der Waals surface area (Å²) in [5.74, 6) is -1.05. The zero-order valence-corrected chi connectivity index (χ0v) is 19.6. The molecule has 178 valence electrons. The van der Waals surface area contributed by atoms with Crippen LogP contribution in [0.5, 0.6) is 5.75 Å². The summed E-state index contributed by atoms with van der Waals surface area (Å²) in [5, 5.41) is 4.14. The fourth-order valence-corrected chi connectivity index (χ4v) is 5.10. The molecule has 6 nitrogen and oxygen atoms in total. The van der Waals surface area contributed by atoms with E-state index >= 15 is 0 Å². The first-order chi connectivity index (χ1) is 16.3. The van der Waals surface area contributed by atoms with Gasteiger partial charge in [-0.25, -0.2) is 17.2 Å². The number of methoxy groups -OCH3 is 1. The summed E-state index contributed by atoms with van der Waals surface area (Å²) in [6.45, 7) is 1.63. The van der Waals surface area contributed by atoms with E-state index in [2.05, 4.69) is 5.16 Å². The largest absolute Gasteiger partial charge is 0.497 e. The summed E-state index contributed by atoms with van der Waals surface area (Å²) >= 11 is 0. The number of oxime groups is 1. The number of aryl methyl sites for hydroxylation is 1. The van der Waals surface area contributed by atoms with E-state index in [1.54, 1.807) is 0 Å². The highest BCUT2D eigenvalue weighted by Gasteiger charge is 2.32. The fourth-order valence-electron chi connectivity index (χ4n) is 3.65. The highest BCUT2D eigenvalue weighted by molar-refractivity contribution is 7.89. The molecule has 0 fully saturated rings. The van der Waals surface area contributed by atoms with E-state index in [0.29, 0.717) is 17.9 Å². The molecule has 0 aromatic heterocycles. The van der Waals surface area contributed by atoms with Crippen LogP contribution in [0.15, 0.2) is 76.8 Å². The van der Waals surface area contributed by atoms with Gasteiger partial charge in [0.25, 0.3) is 0 Å². The van der Waals surface area contributed by atoms with Crippen molar-refractivity contribution in [3.8, 4) is 5.75 Å². The van der Waals surface area contributed by atoms with Gasteiger partial charge in [0.2, 0.25) is 10.0 Å². The van der Waals surface area contributed by atoms with Crippen molar-refractivity contribution in [2.24, 2.45) is 5.16 Å². The Kier molecular flexibility index (Phi) is 6.95. The van der Waals surface area contributed by atoms with Crippen molar-refractivity contribution in [1.82, 2.24) is 4.31 Å². The second-order valence-corrected chi connectivity index (χ2v) is 9.98. The average Bonchev–Trinajstić information content (AvgIpc) is 3.29. The van der Waals surface area contributed by atoms with Gasteiger partial charge in [0.15, 0.2) is 0 Å². The third-order valence-electron chi connectivity index (χ3n) is 5.58. The van der Waals surface area contributed by atoms with Crippen LogP contribution in [0.2, 0.25) is 0 Å². The van der Waals surface area contributed by atoms with Crippen LogP contribution in [-0.2, 0) is 21.4 Å². The molecule has 1 heterocycles. The molecule has 0 unspecified atom stereocenters. The minimum Gasteiger partial charge on any atom is -0.497 e. The van der Waals surface area contributed by atoms with Gasteiger partial charge in [-0.2, -0.15) is 4.31 Å². The van der Waals surface area contributed by atoms with E-state index in [-0.39, 0.29) is 23.5 Å². The SMILES string of the molecule is COc1ccc(S(=O)(=O)N(Cc2ccc(F)cc2F)C[C@H]2CC(c3ccc(C)cc3)=NO2)cc1. The Hall–Kier alpha value is -3.30.